The molecule has 0 amide bonds. The molecule has 0 aliphatic rings. The van der Waals surface area contributed by atoms with Gasteiger partial charge in [-0.3, -0.25) is 14.2 Å². The summed E-state index contributed by atoms with van der Waals surface area (Å²) in [4.78, 5) is 21.8. The molecule has 0 radical (unpaired) electrons. The van der Waals surface area contributed by atoms with Gasteiger partial charge in [0.25, 0.3) is 5.56 Å². The Morgan fingerprint density at radius 1 is 1.38 bits per heavy atom. The number of imidazole rings is 1. The molecule has 0 bridgehead atoms. The fourth-order valence-electron chi connectivity index (χ4n) is 2.57. The molecule has 130 valence electrons. The fourth-order valence-corrected chi connectivity index (χ4v) is 3.74. The molecule has 0 atom stereocenters. The standard InChI is InChI=1S/C18H12ClN3O3S/c1-25-14-6-10(5-12(19)16(14)23)7-15-17(24)22-9-13(21-18(22)26-15)11-3-2-4-20-8-11/h2-9,23H,1H3. The van der Waals surface area contributed by atoms with Crippen molar-refractivity contribution in [2.24, 2.45) is 0 Å². The number of rotatable bonds is 3. The number of aromatic hydroxyl groups is 1. The first kappa shape index (κ1) is 16.6. The average Bonchev–Trinajstić information content (AvgIpc) is 3.19. The zero-order chi connectivity index (χ0) is 18.3. The van der Waals surface area contributed by atoms with Gasteiger partial charge in [-0.2, -0.15) is 0 Å². The van der Waals surface area contributed by atoms with Crippen molar-refractivity contribution in [3.05, 3.63) is 68.3 Å². The van der Waals surface area contributed by atoms with Gasteiger partial charge >= 0.3 is 0 Å². The third-order valence-electron chi connectivity index (χ3n) is 3.83. The number of pyridine rings is 1. The summed E-state index contributed by atoms with van der Waals surface area (Å²) in [5.74, 6) is 0.118. The molecule has 4 rings (SSSR count). The van der Waals surface area contributed by atoms with Crippen LogP contribution in [0.2, 0.25) is 5.02 Å². The number of hydrogen-bond donors (Lipinski definition) is 1. The van der Waals surface area contributed by atoms with E-state index in [1.807, 2.05) is 12.1 Å². The number of methoxy groups -OCH3 is 1. The molecule has 1 aromatic carbocycles. The molecule has 0 aliphatic carbocycles. The van der Waals surface area contributed by atoms with Crippen molar-refractivity contribution in [2.75, 3.05) is 7.11 Å². The topological polar surface area (TPSA) is 76.7 Å². The lowest BCUT2D eigenvalue weighted by atomic mass is 10.2. The molecule has 0 saturated carbocycles. The third-order valence-corrected chi connectivity index (χ3v) is 5.10. The van der Waals surface area contributed by atoms with E-state index < -0.39 is 0 Å². The van der Waals surface area contributed by atoms with Gasteiger partial charge in [0, 0.05) is 24.2 Å². The molecule has 0 fully saturated rings. The molecule has 0 spiro atoms. The third kappa shape index (κ3) is 2.81. The summed E-state index contributed by atoms with van der Waals surface area (Å²) in [6, 6.07) is 6.90. The van der Waals surface area contributed by atoms with E-state index in [9.17, 15) is 9.90 Å². The Hall–Kier alpha value is -2.90. The lowest BCUT2D eigenvalue weighted by Crippen LogP contribution is -2.22. The van der Waals surface area contributed by atoms with Crippen LogP contribution in [0, 0.1) is 0 Å². The van der Waals surface area contributed by atoms with Crippen LogP contribution in [0.3, 0.4) is 0 Å². The van der Waals surface area contributed by atoms with Crippen LogP contribution in [0.5, 0.6) is 11.5 Å². The molecule has 6 nitrogen and oxygen atoms in total. The first-order chi connectivity index (χ1) is 12.6. The lowest BCUT2D eigenvalue weighted by Gasteiger charge is -2.05. The number of thiazole rings is 1. The van der Waals surface area contributed by atoms with E-state index in [-0.39, 0.29) is 22.1 Å². The predicted octanol–water partition coefficient (Wildman–Crippen LogP) is 2.73. The zero-order valence-corrected chi connectivity index (χ0v) is 15.1. The van der Waals surface area contributed by atoms with Crippen molar-refractivity contribution in [3.8, 4) is 22.8 Å². The highest BCUT2D eigenvalue weighted by Crippen LogP contribution is 2.35. The van der Waals surface area contributed by atoms with Crippen molar-refractivity contribution in [2.45, 2.75) is 0 Å². The summed E-state index contributed by atoms with van der Waals surface area (Å²) >= 11 is 7.28. The van der Waals surface area contributed by atoms with Crippen molar-refractivity contribution in [1.29, 1.82) is 0 Å². The van der Waals surface area contributed by atoms with E-state index >= 15 is 0 Å². The van der Waals surface area contributed by atoms with E-state index in [4.69, 9.17) is 16.3 Å². The number of benzene rings is 1. The summed E-state index contributed by atoms with van der Waals surface area (Å²) < 4.78 is 7.11. The van der Waals surface area contributed by atoms with Gasteiger partial charge < -0.3 is 9.84 Å². The lowest BCUT2D eigenvalue weighted by molar-refractivity contribution is 0.373. The van der Waals surface area contributed by atoms with Gasteiger partial charge in [-0.25, -0.2) is 4.98 Å². The summed E-state index contributed by atoms with van der Waals surface area (Å²) in [7, 11) is 1.44. The maximum absolute atomic E-state index is 12.7. The van der Waals surface area contributed by atoms with Gasteiger partial charge in [0.2, 0.25) is 0 Å². The second kappa shape index (κ2) is 6.44. The van der Waals surface area contributed by atoms with Gasteiger partial charge in [0.05, 0.1) is 22.4 Å². The summed E-state index contributed by atoms with van der Waals surface area (Å²) in [5, 5.41) is 9.97. The molecule has 3 heterocycles. The van der Waals surface area contributed by atoms with E-state index in [2.05, 4.69) is 9.97 Å². The molecule has 4 aromatic rings. The van der Waals surface area contributed by atoms with Gasteiger partial charge in [-0.1, -0.05) is 22.9 Å². The Balaban J connectivity index is 1.82. The van der Waals surface area contributed by atoms with Crippen LogP contribution in [-0.2, 0) is 0 Å². The van der Waals surface area contributed by atoms with Crippen LogP contribution in [-0.4, -0.2) is 26.6 Å². The number of nitrogens with zero attached hydrogens (tertiary/aromatic N) is 3. The van der Waals surface area contributed by atoms with Gasteiger partial charge in [0.15, 0.2) is 16.5 Å². The minimum absolute atomic E-state index is 0.129. The normalized spacial score (nSPS) is 12.0. The average molecular weight is 386 g/mol. The largest absolute Gasteiger partial charge is 0.503 e. The molecular formula is C18H12ClN3O3S. The predicted molar refractivity (Wildman–Crippen MR) is 101 cm³/mol. The van der Waals surface area contributed by atoms with Crippen LogP contribution < -0.4 is 14.8 Å². The first-order valence-electron chi connectivity index (χ1n) is 7.57. The van der Waals surface area contributed by atoms with E-state index in [1.54, 1.807) is 36.8 Å². The molecule has 0 unspecified atom stereocenters. The quantitative estimate of drug-likeness (QED) is 0.586. The molecular weight excluding hydrogens is 374 g/mol. The maximum Gasteiger partial charge on any atom is 0.274 e. The second-order valence-electron chi connectivity index (χ2n) is 5.49. The maximum atomic E-state index is 12.7. The Labute approximate surface area is 156 Å². The number of phenolic OH excluding ortho intramolecular Hbond substituents is 1. The monoisotopic (exact) mass is 385 g/mol. The van der Waals surface area contributed by atoms with E-state index in [0.29, 0.717) is 20.8 Å². The van der Waals surface area contributed by atoms with Crippen molar-refractivity contribution < 1.29 is 9.84 Å². The molecule has 0 saturated heterocycles. The minimum atomic E-state index is -0.171. The van der Waals surface area contributed by atoms with Gasteiger partial charge in [-0.05, 0) is 35.9 Å². The fraction of sp³-hybridized carbons (Fsp3) is 0.0556. The highest BCUT2D eigenvalue weighted by molar-refractivity contribution is 7.15. The highest BCUT2D eigenvalue weighted by Gasteiger charge is 2.11. The smallest absolute Gasteiger partial charge is 0.274 e. The number of hydrogen-bond acceptors (Lipinski definition) is 6. The summed E-state index contributed by atoms with van der Waals surface area (Å²) in [6.07, 6.45) is 6.78. The van der Waals surface area contributed by atoms with Crippen molar-refractivity contribution >= 4 is 34.0 Å². The van der Waals surface area contributed by atoms with Gasteiger partial charge in [-0.15, -0.1) is 0 Å². The SMILES string of the molecule is COc1cc(C=c2sc3nc(-c4cccnc4)cn3c2=O)cc(Cl)c1O. The van der Waals surface area contributed by atoms with Crippen molar-refractivity contribution in [1.82, 2.24) is 14.4 Å². The Bertz CT molecular complexity index is 1220. The van der Waals surface area contributed by atoms with E-state index in [1.165, 1.54) is 22.8 Å². The first-order valence-corrected chi connectivity index (χ1v) is 8.77. The van der Waals surface area contributed by atoms with Crippen LogP contribution in [0.25, 0.3) is 22.3 Å². The Kier molecular flexibility index (Phi) is 4.10. The molecule has 0 aliphatic heterocycles. The molecule has 26 heavy (non-hydrogen) atoms. The second-order valence-corrected chi connectivity index (χ2v) is 6.91. The Morgan fingerprint density at radius 2 is 2.23 bits per heavy atom. The molecule has 8 heteroatoms. The van der Waals surface area contributed by atoms with Crippen LogP contribution >= 0.6 is 22.9 Å². The molecule has 3 aromatic heterocycles. The van der Waals surface area contributed by atoms with Gasteiger partial charge in [0.1, 0.15) is 0 Å². The minimum Gasteiger partial charge on any atom is -0.503 e. The number of aromatic nitrogens is 3. The van der Waals surface area contributed by atoms with Crippen LogP contribution in [0.15, 0.2) is 47.7 Å². The van der Waals surface area contributed by atoms with Crippen LogP contribution in [0.4, 0.5) is 0 Å². The number of phenols is 1. The van der Waals surface area contributed by atoms with E-state index in [0.717, 1.165) is 5.56 Å². The Morgan fingerprint density at radius 3 is 2.92 bits per heavy atom. The zero-order valence-electron chi connectivity index (χ0n) is 13.5. The van der Waals surface area contributed by atoms with Crippen molar-refractivity contribution in [3.63, 3.8) is 0 Å². The summed E-state index contributed by atoms with van der Waals surface area (Å²) in [5.41, 5.74) is 2.03. The number of fused-ring (bicyclic) bond motifs is 1. The highest BCUT2D eigenvalue weighted by atomic mass is 35.5. The van der Waals surface area contributed by atoms with Crippen LogP contribution in [0.1, 0.15) is 5.56 Å². The number of ether oxygens (including phenoxy) is 1. The molecule has 1 N–H and O–H groups in total. The number of halogens is 1. The summed E-state index contributed by atoms with van der Waals surface area (Å²) in [6.45, 7) is 0.